The molecule has 1 aliphatic heterocycles. The molecule has 2 aromatic heterocycles. The molecule has 0 atom stereocenters. The molecule has 1 aliphatic rings. The number of rotatable bonds is 7. The summed E-state index contributed by atoms with van der Waals surface area (Å²) >= 11 is 0. The van der Waals surface area contributed by atoms with Crippen LogP contribution in [0.4, 0.5) is 10.1 Å². The first kappa shape index (κ1) is 18.7. The van der Waals surface area contributed by atoms with E-state index < -0.39 is 11.8 Å². The summed E-state index contributed by atoms with van der Waals surface area (Å²) in [6.45, 7) is 0.892. The van der Waals surface area contributed by atoms with Crippen LogP contribution in [0.2, 0.25) is 0 Å². The van der Waals surface area contributed by atoms with Crippen molar-refractivity contribution in [1.29, 1.82) is 5.41 Å². The molecule has 4 rings (SSSR count). The van der Waals surface area contributed by atoms with Crippen LogP contribution in [0.15, 0.2) is 48.9 Å². The zero-order valence-corrected chi connectivity index (χ0v) is 15.5. The molecule has 3 aromatic rings. The Labute approximate surface area is 166 Å². The molecule has 29 heavy (non-hydrogen) atoms. The minimum Gasteiger partial charge on any atom is -0.485 e. The average molecular weight is 397 g/mol. The minimum absolute atomic E-state index is 0.0487. The molecule has 1 saturated heterocycles. The Morgan fingerprint density at radius 2 is 2.14 bits per heavy atom. The van der Waals surface area contributed by atoms with Gasteiger partial charge < -0.3 is 24.5 Å². The molecule has 150 valence electrons. The number of halogens is 1. The standard InChI is InChI=1S/C20H20FN5O3/c21-20-13(12-28-19(27)8-17(22)23)2-1-3-16(20)26-10-15(11-26)29-14-4-5-18-24-6-7-25(18)9-14/h1-7,9,15H,8,10-12H2,(H3,22,23). The lowest BCUT2D eigenvalue weighted by atomic mass is 10.1. The van der Waals surface area contributed by atoms with Crippen molar-refractivity contribution in [3.8, 4) is 5.75 Å². The Morgan fingerprint density at radius 1 is 1.31 bits per heavy atom. The topological polar surface area (TPSA) is 106 Å². The number of nitrogens with zero attached hydrogens (tertiary/aromatic N) is 3. The van der Waals surface area contributed by atoms with Crippen molar-refractivity contribution in [2.75, 3.05) is 18.0 Å². The van der Waals surface area contributed by atoms with E-state index in [1.54, 1.807) is 24.4 Å². The third-order valence-electron chi connectivity index (χ3n) is 4.63. The van der Waals surface area contributed by atoms with Gasteiger partial charge in [-0.05, 0) is 18.2 Å². The second-order valence-corrected chi connectivity index (χ2v) is 6.82. The van der Waals surface area contributed by atoms with Gasteiger partial charge in [0.25, 0.3) is 0 Å². The molecule has 0 spiro atoms. The SMILES string of the molecule is N=C(N)CC(=O)OCc1cccc(N2CC(Oc3ccc4nccn4c3)C2)c1F. The number of nitrogens with one attached hydrogen (secondary N) is 1. The van der Waals surface area contributed by atoms with E-state index in [4.69, 9.17) is 20.6 Å². The molecule has 0 radical (unpaired) electrons. The number of nitrogens with two attached hydrogens (primary N) is 1. The van der Waals surface area contributed by atoms with Gasteiger partial charge in [-0.15, -0.1) is 0 Å². The van der Waals surface area contributed by atoms with Gasteiger partial charge in [0.2, 0.25) is 0 Å². The Morgan fingerprint density at radius 3 is 2.93 bits per heavy atom. The van der Waals surface area contributed by atoms with Crippen LogP contribution in [0, 0.1) is 11.2 Å². The number of fused-ring (bicyclic) bond motifs is 1. The summed E-state index contributed by atoms with van der Waals surface area (Å²) in [5.41, 5.74) is 6.71. The highest BCUT2D eigenvalue weighted by atomic mass is 19.1. The lowest BCUT2D eigenvalue weighted by Gasteiger charge is -2.40. The maximum Gasteiger partial charge on any atom is 0.313 e. The monoisotopic (exact) mass is 397 g/mol. The summed E-state index contributed by atoms with van der Waals surface area (Å²) in [4.78, 5) is 17.6. The van der Waals surface area contributed by atoms with Gasteiger partial charge in [-0.3, -0.25) is 10.2 Å². The first-order valence-corrected chi connectivity index (χ1v) is 9.10. The van der Waals surface area contributed by atoms with Crippen molar-refractivity contribution >= 4 is 23.1 Å². The number of esters is 1. The second-order valence-electron chi connectivity index (χ2n) is 6.82. The van der Waals surface area contributed by atoms with Gasteiger partial charge in [0, 0.05) is 18.0 Å². The van der Waals surface area contributed by atoms with Crippen molar-refractivity contribution < 1.29 is 18.7 Å². The van der Waals surface area contributed by atoms with E-state index in [1.807, 2.05) is 33.8 Å². The number of imidazole rings is 1. The molecule has 0 saturated carbocycles. The number of ether oxygens (including phenoxy) is 2. The summed E-state index contributed by atoms with van der Waals surface area (Å²) in [7, 11) is 0. The second kappa shape index (κ2) is 7.78. The Balaban J connectivity index is 1.35. The smallest absolute Gasteiger partial charge is 0.313 e. The van der Waals surface area contributed by atoms with Crippen molar-refractivity contribution in [3.05, 3.63) is 60.3 Å². The third kappa shape index (κ3) is 4.13. The summed E-state index contributed by atoms with van der Waals surface area (Å²) in [5.74, 6) is -0.647. The zero-order chi connectivity index (χ0) is 20.4. The molecule has 8 nitrogen and oxygen atoms in total. The molecule has 0 aliphatic carbocycles. The third-order valence-corrected chi connectivity index (χ3v) is 4.63. The van der Waals surface area contributed by atoms with Gasteiger partial charge in [-0.1, -0.05) is 12.1 Å². The molecular weight excluding hydrogens is 377 g/mol. The Hall–Kier alpha value is -3.62. The number of amidine groups is 1. The number of anilines is 1. The molecule has 9 heteroatoms. The highest BCUT2D eigenvalue weighted by Crippen LogP contribution is 2.28. The number of benzene rings is 1. The summed E-state index contributed by atoms with van der Waals surface area (Å²) < 4.78 is 27.6. The van der Waals surface area contributed by atoms with Crippen molar-refractivity contribution in [3.63, 3.8) is 0 Å². The van der Waals surface area contributed by atoms with E-state index >= 15 is 0 Å². The molecule has 1 fully saturated rings. The first-order chi connectivity index (χ1) is 14.0. The van der Waals surface area contributed by atoms with Crippen LogP contribution in [-0.4, -0.2) is 40.4 Å². The number of pyridine rings is 1. The fraction of sp³-hybridized carbons (Fsp3) is 0.250. The van der Waals surface area contributed by atoms with E-state index in [0.717, 1.165) is 11.4 Å². The molecule has 3 N–H and O–H groups in total. The lowest BCUT2D eigenvalue weighted by molar-refractivity contribution is -0.143. The van der Waals surface area contributed by atoms with E-state index in [2.05, 4.69) is 4.98 Å². The number of aromatic nitrogens is 2. The quantitative estimate of drug-likeness (QED) is 0.359. The minimum atomic E-state index is -0.658. The van der Waals surface area contributed by atoms with E-state index in [9.17, 15) is 9.18 Å². The molecule has 0 bridgehead atoms. The number of hydrogen-bond acceptors (Lipinski definition) is 6. The number of carbonyl (C=O) groups excluding carboxylic acids is 1. The maximum atomic E-state index is 14.8. The largest absolute Gasteiger partial charge is 0.485 e. The zero-order valence-electron chi connectivity index (χ0n) is 15.5. The van der Waals surface area contributed by atoms with Crippen LogP contribution in [0.25, 0.3) is 5.65 Å². The van der Waals surface area contributed by atoms with Crippen LogP contribution < -0.4 is 15.4 Å². The normalized spacial score (nSPS) is 13.9. The van der Waals surface area contributed by atoms with Gasteiger partial charge in [0.1, 0.15) is 36.4 Å². The predicted octanol–water partition coefficient (Wildman–Crippen LogP) is 2.11. The van der Waals surface area contributed by atoms with Crippen LogP contribution in [0.3, 0.4) is 0 Å². The molecule has 0 unspecified atom stereocenters. The van der Waals surface area contributed by atoms with Crippen LogP contribution >= 0.6 is 0 Å². The van der Waals surface area contributed by atoms with Gasteiger partial charge in [-0.2, -0.15) is 0 Å². The molecule has 0 amide bonds. The maximum absolute atomic E-state index is 14.8. The Bertz CT molecular complexity index is 1060. The predicted molar refractivity (Wildman–Crippen MR) is 105 cm³/mol. The van der Waals surface area contributed by atoms with Crippen molar-refractivity contribution in [1.82, 2.24) is 9.38 Å². The van der Waals surface area contributed by atoms with Gasteiger partial charge in [0.05, 0.1) is 25.0 Å². The summed E-state index contributed by atoms with van der Waals surface area (Å²) in [6, 6.07) is 8.70. The van der Waals surface area contributed by atoms with E-state index in [0.29, 0.717) is 18.8 Å². The number of hydrogen-bond donors (Lipinski definition) is 2. The first-order valence-electron chi connectivity index (χ1n) is 9.10. The number of carbonyl (C=O) groups is 1. The molecular formula is C20H20FN5O3. The average Bonchev–Trinajstić information content (AvgIpc) is 3.11. The van der Waals surface area contributed by atoms with Crippen molar-refractivity contribution in [2.45, 2.75) is 19.1 Å². The van der Waals surface area contributed by atoms with Gasteiger partial charge in [-0.25, -0.2) is 9.37 Å². The highest BCUT2D eigenvalue weighted by molar-refractivity contribution is 5.94. The summed E-state index contributed by atoms with van der Waals surface area (Å²) in [6.07, 6.45) is 5.07. The molecule has 1 aromatic carbocycles. The fourth-order valence-corrected chi connectivity index (χ4v) is 3.16. The van der Waals surface area contributed by atoms with Crippen LogP contribution in [-0.2, 0) is 16.1 Å². The van der Waals surface area contributed by atoms with E-state index in [1.165, 1.54) is 0 Å². The Kier molecular flexibility index (Phi) is 5.03. The lowest BCUT2D eigenvalue weighted by Crippen LogP contribution is -2.54. The van der Waals surface area contributed by atoms with Crippen LogP contribution in [0.5, 0.6) is 5.75 Å². The highest BCUT2D eigenvalue weighted by Gasteiger charge is 2.31. The van der Waals surface area contributed by atoms with Gasteiger partial charge >= 0.3 is 5.97 Å². The molecule has 3 heterocycles. The fourth-order valence-electron chi connectivity index (χ4n) is 3.16. The van der Waals surface area contributed by atoms with Crippen LogP contribution in [0.1, 0.15) is 12.0 Å². The summed E-state index contributed by atoms with van der Waals surface area (Å²) in [5, 5.41) is 7.08. The van der Waals surface area contributed by atoms with E-state index in [-0.39, 0.29) is 30.5 Å². The van der Waals surface area contributed by atoms with Gasteiger partial charge in [0.15, 0.2) is 5.82 Å². The van der Waals surface area contributed by atoms with Crippen molar-refractivity contribution in [2.24, 2.45) is 5.73 Å².